The van der Waals surface area contributed by atoms with Crippen molar-refractivity contribution in [1.29, 1.82) is 0 Å². The van der Waals surface area contributed by atoms with E-state index in [2.05, 4.69) is 0 Å². The van der Waals surface area contributed by atoms with Crippen LogP contribution in [0.2, 0.25) is 10.0 Å². The standard InChI is InChI=1S/C35H39Cl2N3O6S/c1-21(2)40-33(43)27-9-4-5-10-29(27)38(47(40,45)46)20-30(22-11-12-22)39-32(23-13-15-25(36)16-14-23)28(24-7-6-8-26(37)17-24)18-35(3,34(39)44)19-31(41)42/h4-10,13-17,21-22,28,30,32,45-46H,11-12,18-20H2,1-3H3,(H,41,42)/t28-,30-,32-,35+/m1/s1. The van der Waals surface area contributed by atoms with Crippen molar-refractivity contribution in [2.75, 3.05) is 10.8 Å². The molecule has 0 unspecified atom stereocenters. The summed E-state index contributed by atoms with van der Waals surface area (Å²) in [5.41, 5.74) is 1.14. The van der Waals surface area contributed by atoms with Gasteiger partial charge in [0, 0.05) is 22.0 Å². The Morgan fingerprint density at radius 2 is 1.64 bits per heavy atom. The fraction of sp³-hybridized carbons (Fsp3) is 0.400. The van der Waals surface area contributed by atoms with Crippen LogP contribution in [-0.2, 0) is 9.59 Å². The zero-order chi connectivity index (χ0) is 33.8. The molecule has 12 heteroatoms. The maximum Gasteiger partial charge on any atom is 0.304 e. The van der Waals surface area contributed by atoms with Gasteiger partial charge < -0.3 is 10.0 Å². The monoisotopic (exact) mass is 699 g/mol. The molecule has 0 spiro atoms. The number of carboxylic acid groups (broad SMARTS) is 1. The van der Waals surface area contributed by atoms with Crippen molar-refractivity contribution in [2.24, 2.45) is 11.3 Å². The normalized spacial score (nSPS) is 25.5. The molecule has 2 fully saturated rings. The first-order chi connectivity index (χ1) is 22.2. The Kier molecular flexibility index (Phi) is 9.04. The highest BCUT2D eigenvalue weighted by Crippen LogP contribution is 2.59. The fourth-order valence-corrected chi connectivity index (χ4v) is 9.62. The highest BCUT2D eigenvalue weighted by atomic mass is 35.5. The Morgan fingerprint density at radius 3 is 2.26 bits per heavy atom. The minimum absolute atomic E-state index is 0.00781. The summed E-state index contributed by atoms with van der Waals surface area (Å²) in [7, 11) is -3.84. The number of likely N-dealkylation sites (tertiary alicyclic amines) is 1. The SMILES string of the molecule is CC(C)N1C(=O)c2ccccc2N(C[C@H](C2CC2)N2C(=O)[C@](C)(CC(=O)O)C[C@H](c3cccc(Cl)c3)[C@H]2c2ccc(Cl)cc2)S1(O)O. The molecule has 1 saturated carbocycles. The number of carbonyl (C=O) groups excluding carboxylic acids is 2. The van der Waals surface area contributed by atoms with E-state index in [0.29, 0.717) is 21.3 Å². The van der Waals surface area contributed by atoms with Crippen LogP contribution in [0, 0.1) is 11.3 Å². The van der Waals surface area contributed by atoms with E-state index in [4.69, 9.17) is 23.2 Å². The minimum Gasteiger partial charge on any atom is -0.481 e. The smallest absolute Gasteiger partial charge is 0.304 e. The number of benzene rings is 3. The van der Waals surface area contributed by atoms with Crippen LogP contribution in [0.1, 0.15) is 79.9 Å². The number of aliphatic carboxylic acids is 1. The van der Waals surface area contributed by atoms with E-state index < -0.39 is 46.4 Å². The van der Waals surface area contributed by atoms with Crippen LogP contribution in [0.5, 0.6) is 0 Å². The topological polar surface area (TPSA) is 122 Å². The number of halogens is 2. The molecule has 1 aliphatic carbocycles. The average molecular weight is 701 g/mol. The summed E-state index contributed by atoms with van der Waals surface area (Å²) >= 11 is 12.8. The summed E-state index contributed by atoms with van der Waals surface area (Å²) < 4.78 is 26.3. The molecule has 1 saturated heterocycles. The summed E-state index contributed by atoms with van der Waals surface area (Å²) in [5, 5.41) is 11.1. The molecule has 3 aliphatic rings. The van der Waals surface area contributed by atoms with Gasteiger partial charge in [-0.05, 0) is 97.5 Å². The van der Waals surface area contributed by atoms with Crippen molar-refractivity contribution >= 4 is 57.6 Å². The molecule has 2 aliphatic heterocycles. The summed E-state index contributed by atoms with van der Waals surface area (Å²) in [6, 6.07) is 20.0. The molecule has 0 radical (unpaired) electrons. The largest absolute Gasteiger partial charge is 0.481 e. The number of nitrogens with zero attached hydrogens (tertiary/aromatic N) is 3. The van der Waals surface area contributed by atoms with Gasteiger partial charge in [-0.15, -0.1) is 0 Å². The Bertz CT molecular complexity index is 1700. The van der Waals surface area contributed by atoms with E-state index in [1.54, 1.807) is 63.2 Å². The van der Waals surface area contributed by atoms with Crippen LogP contribution in [0.15, 0.2) is 72.8 Å². The molecular formula is C35H39Cl2N3O6S. The lowest BCUT2D eigenvalue weighted by atomic mass is 9.67. The lowest BCUT2D eigenvalue weighted by Crippen LogP contribution is -2.60. The summed E-state index contributed by atoms with van der Waals surface area (Å²) in [6.07, 6.45) is 1.50. The molecule has 250 valence electrons. The molecule has 3 aromatic carbocycles. The number of hydrogen-bond acceptors (Lipinski definition) is 6. The Labute approximate surface area is 286 Å². The third kappa shape index (κ3) is 6.22. The fourth-order valence-electron chi connectivity index (χ4n) is 7.42. The minimum atomic E-state index is -3.84. The predicted octanol–water partition coefficient (Wildman–Crippen LogP) is 8.26. The molecule has 0 bridgehead atoms. The van der Waals surface area contributed by atoms with Crippen molar-refractivity contribution in [3.8, 4) is 0 Å². The number of fused-ring (bicyclic) bond motifs is 1. The van der Waals surface area contributed by atoms with Gasteiger partial charge in [0.15, 0.2) is 0 Å². The van der Waals surface area contributed by atoms with Crippen LogP contribution in [0.25, 0.3) is 0 Å². The van der Waals surface area contributed by atoms with Gasteiger partial charge in [0.2, 0.25) is 5.91 Å². The van der Waals surface area contributed by atoms with E-state index in [-0.39, 0.29) is 37.1 Å². The molecule has 2 amide bonds. The van der Waals surface area contributed by atoms with Gasteiger partial charge in [0.1, 0.15) is 0 Å². The first kappa shape index (κ1) is 33.6. The summed E-state index contributed by atoms with van der Waals surface area (Å²) in [5.74, 6) is -2.20. The van der Waals surface area contributed by atoms with Crippen molar-refractivity contribution in [3.05, 3.63) is 99.5 Å². The number of amides is 2. The van der Waals surface area contributed by atoms with Crippen LogP contribution < -0.4 is 4.31 Å². The molecular weight excluding hydrogens is 661 g/mol. The second-order valence-corrected chi connectivity index (χ2v) is 16.1. The summed E-state index contributed by atoms with van der Waals surface area (Å²) in [6.45, 7) is 5.18. The molecule has 0 aromatic heterocycles. The number of anilines is 1. The van der Waals surface area contributed by atoms with Crippen LogP contribution >= 0.6 is 34.2 Å². The van der Waals surface area contributed by atoms with Gasteiger partial charge in [0.05, 0.1) is 41.7 Å². The van der Waals surface area contributed by atoms with E-state index in [1.807, 2.05) is 35.2 Å². The Morgan fingerprint density at radius 1 is 0.957 bits per heavy atom. The number of para-hydroxylation sites is 1. The van der Waals surface area contributed by atoms with E-state index in [0.717, 1.165) is 28.3 Å². The third-order valence-corrected chi connectivity index (χ3v) is 12.2. The van der Waals surface area contributed by atoms with Crippen molar-refractivity contribution in [3.63, 3.8) is 0 Å². The number of piperidine rings is 1. The van der Waals surface area contributed by atoms with Gasteiger partial charge in [-0.25, -0.2) is 4.31 Å². The Hall–Kier alpha value is -3.28. The second kappa shape index (κ2) is 12.6. The average Bonchev–Trinajstić information content (AvgIpc) is 3.84. The summed E-state index contributed by atoms with van der Waals surface area (Å²) in [4.78, 5) is 42.6. The maximum atomic E-state index is 14.9. The number of rotatable bonds is 9. The third-order valence-electron chi connectivity index (χ3n) is 9.64. The first-order valence-electron chi connectivity index (χ1n) is 15.8. The molecule has 3 aromatic rings. The molecule has 4 atom stereocenters. The number of carboxylic acids is 1. The van der Waals surface area contributed by atoms with Crippen LogP contribution in [0.4, 0.5) is 5.69 Å². The van der Waals surface area contributed by atoms with Gasteiger partial charge >= 0.3 is 5.97 Å². The van der Waals surface area contributed by atoms with Gasteiger partial charge in [-0.3, -0.25) is 27.8 Å². The lowest BCUT2D eigenvalue weighted by molar-refractivity contribution is -0.160. The molecule has 9 nitrogen and oxygen atoms in total. The van der Waals surface area contributed by atoms with E-state index >= 15 is 0 Å². The quantitative estimate of drug-likeness (QED) is 0.206. The second-order valence-electron chi connectivity index (χ2n) is 13.4. The predicted molar refractivity (Wildman–Crippen MR) is 185 cm³/mol. The van der Waals surface area contributed by atoms with Gasteiger partial charge in [0.25, 0.3) is 5.91 Å². The van der Waals surface area contributed by atoms with Gasteiger partial charge in [-0.1, -0.05) is 66.5 Å². The van der Waals surface area contributed by atoms with Crippen molar-refractivity contribution in [1.82, 2.24) is 9.21 Å². The van der Waals surface area contributed by atoms with Crippen LogP contribution in [-0.4, -0.2) is 59.8 Å². The van der Waals surface area contributed by atoms with Crippen molar-refractivity contribution in [2.45, 2.75) is 70.5 Å². The maximum absolute atomic E-state index is 14.9. The molecule has 3 N–H and O–H groups in total. The lowest BCUT2D eigenvalue weighted by Gasteiger charge is -2.57. The van der Waals surface area contributed by atoms with E-state index in [1.165, 1.54) is 4.31 Å². The highest BCUT2D eigenvalue weighted by Gasteiger charge is 2.56. The zero-order valence-electron chi connectivity index (χ0n) is 26.4. The molecule has 47 heavy (non-hydrogen) atoms. The Balaban J connectivity index is 1.54. The van der Waals surface area contributed by atoms with Gasteiger partial charge in [-0.2, -0.15) is 0 Å². The first-order valence-corrected chi connectivity index (χ1v) is 18.0. The van der Waals surface area contributed by atoms with Crippen molar-refractivity contribution < 1.29 is 28.6 Å². The van der Waals surface area contributed by atoms with E-state index in [9.17, 15) is 28.6 Å². The molecule has 6 rings (SSSR count). The zero-order valence-corrected chi connectivity index (χ0v) is 28.8. The number of carbonyl (C=O) groups is 3. The molecule has 2 heterocycles. The number of hydrogen-bond donors (Lipinski definition) is 3. The highest BCUT2D eigenvalue weighted by molar-refractivity contribution is 8.23. The van der Waals surface area contributed by atoms with Crippen LogP contribution in [0.3, 0.4) is 0 Å².